The number of thiazole rings is 1. The predicted molar refractivity (Wildman–Crippen MR) is 158 cm³/mol. The largest absolute Gasteiger partial charge is 0.742 e. The number of hydroxylamine groups is 1. The number of aromatic nitrogens is 1. The van der Waals surface area contributed by atoms with Gasteiger partial charge in [0.25, 0.3) is 5.91 Å². The van der Waals surface area contributed by atoms with Crippen molar-refractivity contribution in [1.29, 1.82) is 0 Å². The van der Waals surface area contributed by atoms with Crippen molar-refractivity contribution in [2.24, 2.45) is 4.99 Å². The highest BCUT2D eigenvalue weighted by atomic mass is 32.2. The lowest BCUT2D eigenvalue weighted by molar-refractivity contribution is 0.0325. The molecule has 1 aromatic heterocycles. The highest BCUT2D eigenvalue weighted by Gasteiger charge is 2.37. The van der Waals surface area contributed by atoms with E-state index >= 15 is 0 Å². The van der Waals surface area contributed by atoms with Gasteiger partial charge in [-0.25, -0.2) is 9.99 Å². The number of benzene rings is 1. The van der Waals surface area contributed by atoms with Gasteiger partial charge in [-0.05, 0) is 69.5 Å². The lowest BCUT2D eigenvalue weighted by Crippen LogP contribution is -2.46. The maximum absolute atomic E-state index is 13.6. The molecule has 5 heterocycles. The Kier molecular flexibility index (Phi) is 7.28. The number of hydrogen-bond donors (Lipinski definition) is 2. The lowest BCUT2D eigenvalue weighted by atomic mass is 9.98. The first-order valence-electron chi connectivity index (χ1n) is 13.5. The molecule has 9 nitrogen and oxygen atoms in total. The maximum Gasteiger partial charge on any atom is 0.257 e. The summed E-state index contributed by atoms with van der Waals surface area (Å²) in [6.07, 6.45) is 7.47. The van der Waals surface area contributed by atoms with Gasteiger partial charge in [0.2, 0.25) is 0 Å². The van der Waals surface area contributed by atoms with E-state index in [9.17, 15) is 10.0 Å². The van der Waals surface area contributed by atoms with Gasteiger partial charge in [0.15, 0.2) is 5.13 Å². The van der Waals surface area contributed by atoms with E-state index in [0.717, 1.165) is 55.2 Å². The molecule has 6 rings (SSSR count). The van der Waals surface area contributed by atoms with Crippen LogP contribution in [0.15, 0.2) is 52.1 Å². The normalized spacial score (nSPS) is 27.1. The number of nitrogens with one attached hydrogen (secondary N) is 2. The molecule has 0 bridgehead atoms. The van der Waals surface area contributed by atoms with Crippen molar-refractivity contribution in [3.8, 4) is 0 Å². The van der Waals surface area contributed by atoms with Crippen LogP contribution in [0.25, 0.3) is 0 Å². The molecule has 0 saturated carbocycles. The van der Waals surface area contributed by atoms with E-state index < -0.39 is 0 Å². The van der Waals surface area contributed by atoms with E-state index in [4.69, 9.17) is 0 Å². The van der Waals surface area contributed by atoms with Crippen molar-refractivity contribution in [2.75, 3.05) is 25.5 Å². The summed E-state index contributed by atoms with van der Waals surface area (Å²) in [5.74, 6) is 0.378. The van der Waals surface area contributed by atoms with Gasteiger partial charge in [0.1, 0.15) is 10.7 Å². The minimum absolute atomic E-state index is 0.0985. The summed E-state index contributed by atoms with van der Waals surface area (Å²) in [5, 5.41) is 25.5. The van der Waals surface area contributed by atoms with E-state index in [1.165, 1.54) is 10.5 Å². The number of rotatable bonds is 6. The summed E-state index contributed by atoms with van der Waals surface area (Å²) in [5.41, 5.74) is 3.86. The van der Waals surface area contributed by atoms with E-state index in [1.807, 2.05) is 40.9 Å². The van der Waals surface area contributed by atoms with Gasteiger partial charge < -0.3 is 20.6 Å². The highest BCUT2D eigenvalue weighted by molar-refractivity contribution is 8.03. The average molecular weight is 565 g/mol. The number of fused-ring (bicyclic) bond motifs is 1. The summed E-state index contributed by atoms with van der Waals surface area (Å²) >= 11 is 3.18. The summed E-state index contributed by atoms with van der Waals surface area (Å²) in [6, 6.07) is 7.78. The van der Waals surface area contributed by atoms with E-state index in [0.29, 0.717) is 23.1 Å². The van der Waals surface area contributed by atoms with Crippen LogP contribution in [0, 0.1) is 5.21 Å². The smallest absolute Gasteiger partial charge is 0.257 e. The van der Waals surface area contributed by atoms with Crippen LogP contribution in [0.1, 0.15) is 65.6 Å². The minimum atomic E-state index is -0.365. The number of carbonyl (C=O) groups excluding carboxylic acids is 1. The number of hydrazine groups is 1. The molecule has 1 aromatic carbocycles. The summed E-state index contributed by atoms with van der Waals surface area (Å²) < 4.78 is 0. The standard InChI is InChI=1S/C28H34N7O2S2/c1-18-14-21(9-11-29-18)28(2)32-25(17-38-28)35(37)34-12-5-8-23(34)19-6-4-7-20(15-19)26(36)31-27-30-22-10-13-33(3)16-24(22)39-27/h4,6-7,9,11,15,17-18,23,32H,5,8,10,12-14,16H2,1-3H3,(H,30,31,36)/q-1/t18?,23-,28?/m1/s1. The fourth-order valence-electron chi connectivity index (χ4n) is 5.68. The van der Waals surface area contributed by atoms with E-state index in [-0.39, 0.29) is 22.9 Å². The van der Waals surface area contributed by atoms with Crippen LogP contribution in [0.2, 0.25) is 0 Å². The number of likely N-dealkylation sites (N-methyl/N-ethyl adjacent to an activating group) is 1. The molecular weight excluding hydrogens is 530 g/mol. The molecule has 2 aromatic rings. The van der Waals surface area contributed by atoms with Crippen LogP contribution in [0.3, 0.4) is 0 Å². The second-order valence-electron chi connectivity index (χ2n) is 10.9. The fourth-order valence-corrected chi connectivity index (χ4v) is 7.72. The Bertz CT molecular complexity index is 1360. The zero-order chi connectivity index (χ0) is 27.1. The molecule has 3 atom stereocenters. The molecule has 0 spiro atoms. The van der Waals surface area contributed by atoms with E-state index in [2.05, 4.69) is 52.5 Å². The molecule has 1 saturated heterocycles. The summed E-state index contributed by atoms with van der Waals surface area (Å²) in [6.45, 7) is 6.74. The zero-order valence-corrected chi connectivity index (χ0v) is 24.1. The third-order valence-corrected chi connectivity index (χ3v) is 10.0. The fraction of sp³-hybridized carbons (Fsp3) is 0.464. The predicted octanol–water partition coefficient (Wildman–Crippen LogP) is 4.88. The number of anilines is 1. The van der Waals surface area contributed by atoms with Crippen molar-refractivity contribution in [2.45, 2.75) is 63.0 Å². The first-order valence-corrected chi connectivity index (χ1v) is 15.2. The Balaban J connectivity index is 1.14. The van der Waals surface area contributed by atoms with Gasteiger partial charge in [-0.2, -0.15) is 0 Å². The molecule has 4 aliphatic heterocycles. The Hall–Kier alpha value is -2.70. The number of hydrogen-bond acceptors (Lipinski definition) is 10. The molecule has 4 aliphatic rings. The zero-order valence-electron chi connectivity index (χ0n) is 22.5. The molecule has 1 amide bonds. The Labute approximate surface area is 237 Å². The topological polar surface area (TPSA) is 99.2 Å². The van der Waals surface area contributed by atoms with Gasteiger partial charge in [-0.15, -0.1) is 11.3 Å². The van der Waals surface area contributed by atoms with Crippen LogP contribution in [0.5, 0.6) is 0 Å². The van der Waals surface area contributed by atoms with Gasteiger partial charge in [-0.3, -0.25) is 15.1 Å². The van der Waals surface area contributed by atoms with Crippen LogP contribution in [0.4, 0.5) is 5.13 Å². The molecule has 1 fully saturated rings. The van der Waals surface area contributed by atoms with Crippen LogP contribution in [-0.2, 0) is 13.0 Å². The Morgan fingerprint density at radius 2 is 2.21 bits per heavy atom. The number of thioether (sulfide) groups is 1. The lowest BCUT2D eigenvalue weighted by Gasteiger charge is -2.44. The third kappa shape index (κ3) is 5.38. The number of allylic oxidation sites excluding steroid dienone is 1. The first-order chi connectivity index (χ1) is 18.8. The van der Waals surface area contributed by atoms with Crippen LogP contribution < -0.4 is 10.6 Å². The van der Waals surface area contributed by atoms with E-state index in [1.54, 1.807) is 23.1 Å². The molecule has 0 radical (unpaired) electrons. The summed E-state index contributed by atoms with van der Waals surface area (Å²) in [7, 11) is 2.10. The monoisotopic (exact) mass is 564 g/mol. The van der Waals surface area contributed by atoms with Crippen molar-refractivity contribution < 1.29 is 4.79 Å². The highest BCUT2D eigenvalue weighted by Crippen LogP contribution is 2.43. The number of carbonyl (C=O) groups is 1. The minimum Gasteiger partial charge on any atom is -0.742 e. The van der Waals surface area contributed by atoms with Gasteiger partial charge in [0, 0.05) is 48.1 Å². The molecule has 11 heteroatoms. The van der Waals surface area contributed by atoms with Gasteiger partial charge in [0.05, 0.1) is 17.8 Å². The second kappa shape index (κ2) is 10.7. The molecular formula is C28H34N7O2S2-. The van der Waals surface area contributed by atoms with Gasteiger partial charge in [-0.1, -0.05) is 23.9 Å². The van der Waals surface area contributed by atoms with Crippen LogP contribution in [-0.4, -0.2) is 63.2 Å². The van der Waals surface area contributed by atoms with Crippen molar-refractivity contribution >= 4 is 40.4 Å². The Morgan fingerprint density at radius 1 is 1.33 bits per heavy atom. The summed E-state index contributed by atoms with van der Waals surface area (Å²) in [4.78, 5) is 25.4. The van der Waals surface area contributed by atoms with Crippen molar-refractivity contribution in [3.05, 3.63) is 74.0 Å². The Morgan fingerprint density at radius 3 is 3.05 bits per heavy atom. The first kappa shape index (κ1) is 26.5. The molecule has 2 unspecified atom stereocenters. The number of amides is 1. The van der Waals surface area contributed by atoms with Gasteiger partial charge >= 0.3 is 0 Å². The molecule has 0 aliphatic carbocycles. The molecule has 206 valence electrons. The number of aliphatic imine (C=N–C) groups is 1. The van der Waals surface area contributed by atoms with Crippen molar-refractivity contribution in [3.63, 3.8) is 0 Å². The maximum atomic E-state index is 13.6. The molecule has 39 heavy (non-hydrogen) atoms. The number of dihydropyridines is 1. The number of nitrogens with zero attached hydrogens (tertiary/aromatic N) is 5. The van der Waals surface area contributed by atoms with Crippen LogP contribution >= 0.6 is 23.1 Å². The molecule has 2 N–H and O–H groups in total. The average Bonchev–Trinajstić information content (AvgIpc) is 3.67. The second-order valence-corrected chi connectivity index (χ2v) is 13.2. The quantitative estimate of drug-likeness (QED) is 0.480. The van der Waals surface area contributed by atoms with Crippen molar-refractivity contribution in [1.82, 2.24) is 25.4 Å². The third-order valence-electron chi connectivity index (χ3n) is 7.86. The SMILES string of the molecule is CC1CC(C2(C)NC(N([O-])N3CCC[C@@H]3c3cccc(C(=O)Nc4nc5c(s4)CN(C)CC5)c3)=CS2)=CC=N1.